The van der Waals surface area contributed by atoms with Crippen molar-refractivity contribution in [2.75, 3.05) is 27.7 Å². The maximum atomic E-state index is 13.4. The molecule has 4 aromatic rings. The molecule has 0 saturated heterocycles. The molecule has 0 radical (unpaired) electrons. The third-order valence-electron chi connectivity index (χ3n) is 7.76. The second kappa shape index (κ2) is 10.6. The maximum Gasteiger partial charge on any atom is 0.485 e. The van der Waals surface area contributed by atoms with Gasteiger partial charge in [0.25, 0.3) is 11.8 Å². The second-order valence-corrected chi connectivity index (χ2v) is 13.3. The van der Waals surface area contributed by atoms with E-state index in [4.69, 9.17) is 13.0 Å². The number of benzene rings is 2. The van der Waals surface area contributed by atoms with Gasteiger partial charge in [0.1, 0.15) is 0 Å². The average molecular weight is 617 g/mol. The summed E-state index contributed by atoms with van der Waals surface area (Å²) < 4.78 is 64.2. The Morgan fingerprint density at radius 3 is 2.12 bits per heavy atom. The number of para-hydroxylation sites is 2. The maximum absolute atomic E-state index is 13.4. The van der Waals surface area contributed by atoms with Gasteiger partial charge >= 0.3 is 5.51 Å². The second-order valence-electron chi connectivity index (χ2n) is 11.9. The molecule has 228 valence electrons. The van der Waals surface area contributed by atoms with Gasteiger partial charge in [-0.05, 0) is 25.0 Å². The van der Waals surface area contributed by atoms with Crippen LogP contribution in [0.3, 0.4) is 0 Å². The lowest BCUT2D eigenvalue weighted by molar-refractivity contribution is -0.874. The number of nitrogens with zero attached hydrogens (tertiary/aromatic N) is 3. The molecule has 0 fully saturated rings. The average Bonchev–Trinajstić information content (AvgIpc) is 3.50. The highest BCUT2D eigenvalue weighted by atomic mass is 32.2. The number of quaternary nitrogens is 1. The number of rotatable bonds is 4. The summed E-state index contributed by atoms with van der Waals surface area (Å²) in [6.45, 7) is 1.99. The molecule has 0 saturated carbocycles. The summed E-state index contributed by atoms with van der Waals surface area (Å²) >= 11 is 0. The van der Waals surface area contributed by atoms with Crippen LogP contribution in [0.15, 0.2) is 54.7 Å². The summed E-state index contributed by atoms with van der Waals surface area (Å²) in [5, 5.41) is 4.65. The summed E-state index contributed by atoms with van der Waals surface area (Å²) in [7, 11) is 2.58. The van der Waals surface area contributed by atoms with Gasteiger partial charge in [0.2, 0.25) is 0 Å². The lowest BCUT2D eigenvalue weighted by Gasteiger charge is -2.32. The number of aryl methyl sites for hydroxylation is 2. The minimum Gasteiger partial charge on any atom is -0.741 e. The molecule has 9 nitrogen and oxygen atoms in total. The first kappa shape index (κ1) is 30.5. The number of amides is 2. The van der Waals surface area contributed by atoms with Crippen molar-refractivity contribution in [1.82, 2.24) is 14.5 Å². The molecule has 2 aromatic carbocycles. The van der Waals surface area contributed by atoms with Crippen LogP contribution in [-0.4, -0.2) is 71.6 Å². The topological polar surface area (TPSA) is 113 Å². The van der Waals surface area contributed by atoms with E-state index in [1.165, 1.54) is 5.69 Å². The molecule has 2 aliphatic heterocycles. The van der Waals surface area contributed by atoms with Crippen molar-refractivity contribution in [1.29, 1.82) is 0 Å². The van der Waals surface area contributed by atoms with Crippen LogP contribution in [-0.2, 0) is 39.7 Å². The molecule has 0 bridgehead atoms. The number of aromatic nitrogens is 2. The van der Waals surface area contributed by atoms with E-state index in [0.29, 0.717) is 17.1 Å². The van der Waals surface area contributed by atoms with Crippen LogP contribution in [0.4, 0.5) is 13.2 Å². The largest absolute Gasteiger partial charge is 0.741 e. The smallest absolute Gasteiger partial charge is 0.485 e. The van der Waals surface area contributed by atoms with Crippen molar-refractivity contribution in [2.24, 2.45) is 13.0 Å². The molecule has 2 aromatic heterocycles. The van der Waals surface area contributed by atoms with Crippen LogP contribution in [0.2, 0.25) is 0 Å². The number of halogens is 3. The van der Waals surface area contributed by atoms with E-state index >= 15 is 0 Å². The van der Waals surface area contributed by atoms with Crippen molar-refractivity contribution < 1.29 is 40.2 Å². The van der Waals surface area contributed by atoms with E-state index in [2.05, 4.69) is 49.2 Å². The molecule has 1 N–H and O–H groups in total. The standard InChI is InChI=1S/C29H30N4O2.CHF3O3S/c1-31-16-21(19-9-5-7-11-22(19)31)26-27(29(35)30-28(26)34)25-20-10-6-8-12-23(20)32-14-13-18(15-24(25)32)17-33(2,3)4;2-1(3,4)8(5,6)7/h5-12,16,18H,13-15,17H2,1-4H3;(H,5,6,7). The number of nitrogens with one attached hydrogen (secondary N) is 1. The number of alkyl halides is 3. The lowest BCUT2D eigenvalue weighted by Crippen LogP contribution is -2.41. The fraction of sp³-hybridized carbons (Fsp3) is 0.333. The Bertz CT molecular complexity index is 1910. The normalized spacial score (nSPS) is 17.7. The molecular weight excluding hydrogens is 585 g/mol. The van der Waals surface area contributed by atoms with Gasteiger partial charge in [-0.1, -0.05) is 36.4 Å². The molecular formula is C30H31F3N4O5S. The third-order valence-corrected chi connectivity index (χ3v) is 8.33. The van der Waals surface area contributed by atoms with Crippen molar-refractivity contribution in [2.45, 2.75) is 24.9 Å². The van der Waals surface area contributed by atoms with Gasteiger partial charge in [-0.25, -0.2) is 8.42 Å². The first-order valence-corrected chi connectivity index (χ1v) is 15.0. The monoisotopic (exact) mass is 616 g/mol. The van der Waals surface area contributed by atoms with Gasteiger partial charge in [-0.3, -0.25) is 14.9 Å². The highest BCUT2D eigenvalue weighted by Gasteiger charge is 2.39. The van der Waals surface area contributed by atoms with E-state index in [0.717, 1.165) is 63.3 Å². The Morgan fingerprint density at radius 1 is 0.953 bits per heavy atom. The molecule has 4 heterocycles. The van der Waals surface area contributed by atoms with Gasteiger partial charge in [0, 0.05) is 64.3 Å². The van der Waals surface area contributed by atoms with Crippen molar-refractivity contribution >= 4 is 54.9 Å². The molecule has 2 aliphatic rings. The Labute approximate surface area is 246 Å². The van der Waals surface area contributed by atoms with E-state index in [1.807, 2.05) is 48.1 Å². The fourth-order valence-electron chi connectivity index (χ4n) is 6.21. The summed E-state index contributed by atoms with van der Waals surface area (Å²) in [6, 6.07) is 16.3. The number of fused-ring (bicyclic) bond motifs is 4. The Morgan fingerprint density at radius 2 is 1.51 bits per heavy atom. The van der Waals surface area contributed by atoms with Crippen LogP contribution in [0.5, 0.6) is 0 Å². The Hall–Kier alpha value is -3.94. The highest BCUT2D eigenvalue weighted by molar-refractivity contribution is 7.86. The van der Waals surface area contributed by atoms with Gasteiger partial charge in [-0.15, -0.1) is 0 Å². The molecule has 1 atom stereocenters. The fourth-order valence-corrected chi connectivity index (χ4v) is 6.21. The third kappa shape index (κ3) is 5.71. The van der Waals surface area contributed by atoms with Gasteiger partial charge in [0.05, 0.1) is 38.8 Å². The zero-order valence-electron chi connectivity index (χ0n) is 24.0. The number of carbonyl (C=O) groups excluding carboxylic acids is 2. The highest BCUT2D eigenvalue weighted by Crippen LogP contribution is 2.43. The van der Waals surface area contributed by atoms with Crippen LogP contribution in [0, 0.1) is 5.92 Å². The molecule has 13 heteroatoms. The SMILES string of the molecule is Cn1cc(C2=C(c3c4n(c5ccccc35)CCC(C[N+](C)(C)C)C4)C(=O)NC2=O)c2ccccc21.O=S(=O)([O-])C(F)(F)F. The molecule has 1 unspecified atom stereocenters. The van der Waals surface area contributed by atoms with Crippen molar-refractivity contribution in [3.8, 4) is 0 Å². The van der Waals surface area contributed by atoms with E-state index in [-0.39, 0.29) is 11.8 Å². The van der Waals surface area contributed by atoms with Crippen LogP contribution < -0.4 is 5.32 Å². The Balaban J connectivity index is 0.000000407. The van der Waals surface area contributed by atoms with E-state index in [9.17, 15) is 22.8 Å². The van der Waals surface area contributed by atoms with Crippen LogP contribution in [0.25, 0.3) is 33.0 Å². The molecule has 6 rings (SSSR count). The van der Waals surface area contributed by atoms with Gasteiger partial charge in [0.15, 0.2) is 10.1 Å². The summed E-state index contributed by atoms with van der Waals surface area (Å²) in [5.74, 6) is -0.0951. The van der Waals surface area contributed by atoms with Gasteiger partial charge in [-0.2, -0.15) is 13.2 Å². The zero-order valence-corrected chi connectivity index (χ0v) is 24.8. The quantitative estimate of drug-likeness (QED) is 0.161. The predicted molar refractivity (Wildman–Crippen MR) is 155 cm³/mol. The minimum absolute atomic E-state index is 0.300. The predicted octanol–water partition coefficient (Wildman–Crippen LogP) is 4.02. The molecule has 2 amide bonds. The Kier molecular flexibility index (Phi) is 7.56. The number of imide groups is 1. The summed E-state index contributed by atoms with van der Waals surface area (Å²) in [5.41, 5.74) is 0.441. The minimum atomic E-state index is -6.09. The van der Waals surface area contributed by atoms with Crippen molar-refractivity contribution in [3.05, 3.63) is 71.5 Å². The van der Waals surface area contributed by atoms with Crippen LogP contribution in [0.1, 0.15) is 23.2 Å². The number of carbonyl (C=O) groups is 2. The van der Waals surface area contributed by atoms with Crippen LogP contribution >= 0.6 is 0 Å². The lowest BCUT2D eigenvalue weighted by atomic mass is 9.89. The number of hydrogen-bond donors (Lipinski definition) is 1. The first-order chi connectivity index (χ1) is 20.0. The first-order valence-electron chi connectivity index (χ1n) is 13.6. The molecule has 0 spiro atoms. The van der Waals surface area contributed by atoms with E-state index < -0.39 is 15.6 Å². The van der Waals surface area contributed by atoms with Crippen molar-refractivity contribution in [3.63, 3.8) is 0 Å². The van der Waals surface area contributed by atoms with Gasteiger partial charge < -0.3 is 18.2 Å². The summed E-state index contributed by atoms with van der Waals surface area (Å²) in [4.78, 5) is 26.7. The molecule has 0 aliphatic carbocycles. The molecule has 43 heavy (non-hydrogen) atoms. The van der Waals surface area contributed by atoms with E-state index in [1.54, 1.807) is 0 Å². The zero-order chi connectivity index (χ0) is 31.5. The summed E-state index contributed by atoms with van der Waals surface area (Å²) in [6.07, 6.45) is 3.98. The number of hydrogen-bond acceptors (Lipinski definition) is 5.